The number of hydrogen-bond donors (Lipinski definition) is 1. The van der Waals surface area contributed by atoms with Crippen molar-refractivity contribution in [3.8, 4) is 17.3 Å². The molecule has 1 N–H and O–H groups in total. The van der Waals surface area contributed by atoms with E-state index in [1.165, 1.54) is 11.1 Å². The van der Waals surface area contributed by atoms with Crippen molar-refractivity contribution in [3.63, 3.8) is 0 Å². The van der Waals surface area contributed by atoms with Crippen molar-refractivity contribution in [2.45, 2.75) is 51.7 Å². The zero-order valence-electron chi connectivity index (χ0n) is 21.0. The molecule has 188 valence electrons. The van der Waals surface area contributed by atoms with E-state index in [0.717, 1.165) is 35.0 Å². The van der Waals surface area contributed by atoms with Gasteiger partial charge in [-0.1, -0.05) is 6.07 Å². The van der Waals surface area contributed by atoms with Crippen LogP contribution in [0.1, 0.15) is 50.7 Å². The monoisotopic (exact) mass is 496 g/mol. The van der Waals surface area contributed by atoms with Crippen LogP contribution in [0.2, 0.25) is 0 Å². The van der Waals surface area contributed by atoms with E-state index < -0.39 is 11.7 Å². The van der Waals surface area contributed by atoms with E-state index >= 15 is 0 Å². The molecular formula is C28H28N6O3. The minimum atomic E-state index is -0.739. The molecule has 0 atom stereocenters. The fraction of sp³-hybridized carbons (Fsp3) is 0.321. The van der Waals surface area contributed by atoms with Crippen LogP contribution in [0.5, 0.6) is 0 Å². The number of anilines is 2. The third-order valence-corrected chi connectivity index (χ3v) is 6.05. The van der Waals surface area contributed by atoms with E-state index in [2.05, 4.69) is 22.1 Å². The van der Waals surface area contributed by atoms with Gasteiger partial charge < -0.3 is 14.4 Å². The number of benzene rings is 1. The summed E-state index contributed by atoms with van der Waals surface area (Å²) in [6.07, 6.45) is 4.72. The van der Waals surface area contributed by atoms with Crippen molar-refractivity contribution >= 4 is 28.8 Å². The van der Waals surface area contributed by atoms with Gasteiger partial charge in [-0.3, -0.25) is 0 Å². The molecule has 9 heteroatoms. The maximum absolute atomic E-state index is 13.5. The van der Waals surface area contributed by atoms with Gasteiger partial charge in [0.1, 0.15) is 17.2 Å². The second-order valence-electron chi connectivity index (χ2n) is 10.1. The lowest BCUT2D eigenvalue weighted by Crippen LogP contribution is -2.35. The highest BCUT2D eigenvalue weighted by molar-refractivity contribution is 5.95. The Kier molecular flexibility index (Phi) is 6.36. The lowest BCUT2D eigenvalue weighted by atomic mass is 10.1. The molecule has 0 aliphatic heterocycles. The third kappa shape index (κ3) is 5.29. The first kappa shape index (κ1) is 24.4. The summed E-state index contributed by atoms with van der Waals surface area (Å²) >= 11 is 0. The second-order valence-corrected chi connectivity index (χ2v) is 10.1. The van der Waals surface area contributed by atoms with Crippen molar-refractivity contribution in [1.82, 2.24) is 19.5 Å². The first-order chi connectivity index (χ1) is 17.8. The van der Waals surface area contributed by atoms with E-state index in [1.54, 1.807) is 39.2 Å². The molecule has 0 radical (unpaired) electrons. The number of nitriles is 1. The van der Waals surface area contributed by atoms with Crippen molar-refractivity contribution in [2.75, 3.05) is 11.5 Å². The number of nitrogens with zero attached hydrogens (tertiary/aromatic N) is 6. The number of amides is 1. The molecule has 0 bridgehead atoms. The molecule has 1 amide bonds. The molecule has 3 aromatic heterocycles. The molecule has 1 saturated carbocycles. The van der Waals surface area contributed by atoms with Crippen LogP contribution < -0.4 is 4.90 Å². The summed E-state index contributed by atoms with van der Waals surface area (Å²) in [6.45, 7) is 5.89. The zero-order valence-corrected chi connectivity index (χ0v) is 21.0. The van der Waals surface area contributed by atoms with Gasteiger partial charge in [0.25, 0.3) is 0 Å². The topological polar surface area (TPSA) is 117 Å². The van der Waals surface area contributed by atoms with Crippen LogP contribution in [-0.4, -0.2) is 42.9 Å². The fourth-order valence-electron chi connectivity index (χ4n) is 4.18. The summed E-state index contributed by atoms with van der Waals surface area (Å²) in [7, 11) is 0. The van der Waals surface area contributed by atoms with Gasteiger partial charge in [0.15, 0.2) is 0 Å². The molecule has 0 unspecified atom stereocenters. The van der Waals surface area contributed by atoms with E-state index in [9.17, 15) is 15.2 Å². The number of carbonyl (C=O) groups excluding carboxylic acids is 1. The summed E-state index contributed by atoms with van der Waals surface area (Å²) in [5.41, 5.74) is 3.98. The largest absolute Gasteiger partial charge is 0.443 e. The van der Waals surface area contributed by atoms with E-state index in [1.807, 2.05) is 28.8 Å². The van der Waals surface area contributed by atoms with Crippen LogP contribution in [0.3, 0.4) is 0 Å². The van der Waals surface area contributed by atoms with Gasteiger partial charge in [0, 0.05) is 18.3 Å². The van der Waals surface area contributed by atoms with E-state index in [4.69, 9.17) is 9.72 Å². The highest BCUT2D eigenvalue weighted by Gasteiger charge is 2.30. The standard InChI is InChI=1S/C28H28N6O3/c1-28(2,3)37-27(36)34(25-12-18(16-29)8-9-30-25)26-15-21(19-4-5-19)14-22(32-26)20-6-7-24-23(13-20)31-17-33(24)10-11-35/h6-9,12-15,17,19,35H,4-5,10-11H2,1-3H3. The molecule has 37 heavy (non-hydrogen) atoms. The molecule has 1 aliphatic carbocycles. The molecule has 0 spiro atoms. The molecule has 1 fully saturated rings. The van der Waals surface area contributed by atoms with Gasteiger partial charge in [0.05, 0.1) is 41.3 Å². The maximum Gasteiger partial charge on any atom is 0.421 e. The Balaban J connectivity index is 1.64. The number of carbonyl (C=O) groups is 1. The number of aliphatic hydroxyl groups is 1. The highest BCUT2D eigenvalue weighted by Crippen LogP contribution is 2.43. The highest BCUT2D eigenvalue weighted by atomic mass is 16.6. The Bertz CT molecular complexity index is 1510. The number of pyridine rings is 2. The van der Waals surface area contributed by atoms with Gasteiger partial charge in [-0.05, 0) is 81.5 Å². The average molecular weight is 497 g/mol. The van der Waals surface area contributed by atoms with Crippen molar-refractivity contribution in [2.24, 2.45) is 0 Å². The maximum atomic E-state index is 13.5. The van der Waals surface area contributed by atoms with Crippen LogP contribution in [0, 0.1) is 11.3 Å². The minimum absolute atomic E-state index is 0.0309. The van der Waals surface area contributed by atoms with Crippen LogP contribution in [0.25, 0.3) is 22.3 Å². The molecule has 4 aromatic rings. The summed E-state index contributed by atoms with van der Waals surface area (Å²) in [4.78, 5) is 28.5. The Labute approximate surface area is 215 Å². The smallest absolute Gasteiger partial charge is 0.421 e. The SMILES string of the molecule is CC(C)(C)OC(=O)N(c1cc(C#N)ccn1)c1cc(C2CC2)cc(-c2ccc3c(c2)ncn3CCO)n1. The summed E-state index contributed by atoms with van der Waals surface area (Å²) in [5.74, 6) is 1.03. The Morgan fingerprint density at radius 3 is 2.68 bits per heavy atom. The van der Waals surface area contributed by atoms with Gasteiger partial charge in [-0.25, -0.2) is 24.6 Å². The van der Waals surface area contributed by atoms with Crippen molar-refractivity contribution < 1.29 is 14.6 Å². The number of fused-ring (bicyclic) bond motifs is 1. The summed E-state index contributed by atoms with van der Waals surface area (Å²) in [5, 5.41) is 18.7. The first-order valence-corrected chi connectivity index (χ1v) is 12.2. The van der Waals surface area contributed by atoms with Crippen LogP contribution in [0.4, 0.5) is 16.4 Å². The lowest BCUT2D eigenvalue weighted by Gasteiger charge is -2.27. The van der Waals surface area contributed by atoms with E-state index in [-0.39, 0.29) is 12.4 Å². The average Bonchev–Trinajstić information content (AvgIpc) is 3.65. The summed E-state index contributed by atoms with van der Waals surface area (Å²) < 4.78 is 7.62. The molecule has 0 saturated heterocycles. The minimum Gasteiger partial charge on any atom is -0.443 e. The number of hydrogen-bond acceptors (Lipinski definition) is 7. The Morgan fingerprint density at radius 1 is 1.16 bits per heavy atom. The predicted octanol–water partition coefficient (Wildman–Crippen LogP) is 5.31. The van der Waals surface area contributed by atoms with Crippen LogP contribution >= 0.6 is 0 Å². The number of imidazole rings is 1. The van der Waals surface area contributed by atoms with Gasteiger partial charge in [-0.15, -0.1) is 0 Å². The fourth-order valence-corrected chi connectivity index (χ4v) is 4.18. The number of ether oxygens (including phenoxy) is 1. The van der Waals surface area contributed by atoms with Gasteiger partial charge >= 0.3 is 6.09 Å². The third-order valence-electron chi connectivity index (χ3n) is 6.05. The summed E-state index contributed by atoms with van der Waals surface area (Å²) in [6, 6.07) is 15.1. The Hall–Kier alpha value is -4.29. The van der Waals surface area contributed by atoms with Gasteiger partial charge in [0.2, 0.25) is 0 Å². The normalized spacial score (nSPS) is 13.4. The molecule has 9 nitrogen and oxygen atoms in total. The molecule has 1 aliphatic rings. The predicted molar refractivity (Wildman–Crippen MR) is 139 cm³/mol. The second kappa shape index (κ2) is 9.64. The van der Waals surface area contributed by atoms with Crippen LogP contribution in [-0.2, 0) is 11.3 Å². The number of aliphatic hydroxyl groups excluding tert-OH is 1. The lowest BCUT2D eigenvalue weighted by molar-refractivity contribution is 0.0597. The van der Waals surface area contributed by atoms with Gasteiger partial charge in [-0.2, -0.15) is 5.26 Å². The molecule has 3 heterocycles. The zero-order chi connectivity index (χ0) is 26.2. The Morgan fingerprint density at radius 2 is 1.97 bits per heavy atom. The first-order valence-electron chi connectivity index (χ1n) is 12.2. The quantitative estimate of drug-likeness (QED) is 0.384. The number of aromatic nitrogens is 4. The molecular weight excluding hydrogens is 468 g/mol. The van der Waals surface area contributed by atoms with Crippen molar-refractivity contribution in [1.29, 1.82) is 5.26 Å². The van der Waals surface area contributed by atoms with Crippen LogP contribution in [0.15, 0.2) is 55.0 Å². The van der Waals surface area contributed by atoms with Crippen molar-refractivity contribution in [3.05, 3.63) is 66.1 Å². The molecule has 5 rings (SSSR count). The molecule has 1 aromatic carbocycles. The van der Waals surface area contributed by atoms with E-state index in [0.29, 0.717) is 29.5 Å². The number of rotatable bonds is 6.